The lowest BCUT2D eigenvalue weighted by atomic mass is 10.1. The van der Waals surface area contributed by atoms with Crippen molar-refractivity contribution in [2.45, 2.75) is 13.1 Å². The minimum absolute atomic E-state index is 0.0914. The summed E-state index contributed by atoms with van der Waals surface area (Å²) in [5, 5.41) is 20.2. The van der Waals surface area contributed by atoms with Gasteiger partial charge in [-0.3, -0.25) is 20.2 Å². The molecule has 0 aliphatic heterocycles. The maximum Gasteiger partial charge on any atom is 0.416 e. The van der Waals surface area contributed by atoms with Crippen LogP contribution in [0.2, 0.25) is 0 Å². The van der Waals surface area contributed by atoms with Gasteiger partial charge < -0.3 is 14.0 Å². The minimum atomic E-state index is -5.30. The molecule has 0 fully saturated rings. The van der Waals surface area contributed by atoms with E-state index >= 15 is 0 Å². The van der Waals surface area contributed by atoms with Gasteiger partial charge in [-0.05, 0) is 6.92 Å². The molecule has 0 saturated carbocycles. The van der Waals surface area contributed by atoms with Gasteiger partial charge in [-0.2, -0.15) is 13.2 Å². The molecule has 0 aromatic heterocycles. The number of hydrogen-bond acceptors (Lipinski definition) is 7. The fourth-order valence-electron chi connectivity index (χ4n) is 1.56. The number of nitrogens with zero attached hydrogens (tertiary/aromatic N) is 2. The topological polar surface area (TPSA) is 136 Å². The summed E-state index contributed by atoms with van der Waals surface area (Å²) in [5.41, 5.74) is -4.87. The number of hydrogen-bond donors (Lipinski definition) is 0. The van der Waals surface area contributed by atoms with E-state index in [2.05, 4.69) is 4.52 Å². The molecule has 0 N–H and O–H groups in total. The molecule has 1 aromatic carbocycles. The van der Waals surface area contributed by atoms with Crippen molar-refractivity contribution in [2.75, 3.05) is 6.61 Å². The van der Waals surface area contributed by atoms with Crippen molar-refractivity contribution in [3.05, 3.63) is 37.9 Å². The highest BCUT2D eigenvalue weighted by Gasteiger charge is 2.40. The summed E-state index contributed by atoms with van der Waals surface area (Å²) < 4.78 is 53.9. The van der Waals surface area contributed by atoms with Crippen LogP contribution in [0.15, 0.2) is 12.1 Å². The van der Waals surface area contributed by atoms with Crippen molar-refractivity contribution in [3.8, 4) is 0 Å². The first-order valence-corrected chi connectivity index (χ1v) is 6.96. The Hall–Kier alpha value is -2.04. The van der Waals surface area contributed by atoms with Gasteiger partial charge in [0.2, 0.25) is 0 Å². The molecule has 0 aliphatic rings. The summed E-state index contributed by atoms with van der Waals surface area (Å²) in [7, 11) is -5.30. The van der Waals surface area contributed by atoms with Gasteiger partial charge in [-0.1, -0.05) is 0 Å². The highest BCUT2D eigenvalue weighted by atomic mass is 31.2. The zero-order valence-electron chi connectivity index (χ0n) is 10.7. The average Bonchev–Trinajstić information content (AvgIpc) is 2.35. The van der Waals surface area contributed by atoms with Crippen molar-refractivity contribution in [1.29, 1.82) is 0 Å². The highest BCUT2D eigenvalue weighted by Crippen LogP contribution is 2.45. The van der Waals surface area contributed by atoms with Crippen LogP contribution in [-0.2, 0) is 15.3 Å². The predicted octanol–water partition coefficient (Wildman–Crippen LogP) is 1.74. The van der Waals surface area contributed by atoms with E-state index in [0.29, 0.717) is 0 Å². The molecule has 0 amide bonds. The summed E-state index contributed by atoms with van der Waals surface area (Å²) in [6, 6.07) is -0.183. The van der Waals surface area contributed by atoms with E-state index in [1.165, 1.54) is 6.92 Å². The third-order valence-corrected chi connectivity index (χ3v) is 3.97. The molecule has 22 heavy (non-hydrogen) atoms. The summed E-state index contributed by atoms with van der Waals surface area (Å²) in [5.74, 6) is 0. The van der Waals surface area contributed by atoms with Crippen LogP contribution in [-0.4, -0.2) is 16.5 Å². The first-order chi connectivity index (χ1) is 9.91. The first-order valence-electron chi connectivity index (χ1n) is 5.42. The molecule has 0 spiro atoms. The molecule has 13 heteroatoms. The van der Waals surface area contributed by atoms with Crippen molar-refractivity contribution >= 4 is 24.3 Å². The third kappa shape index (κ3) is 3.59. The SMILES string of the molecule is CCOP(=O)([O-])c1c([N+](=O)[O-])cc(C(F)(F)F)cc1[N+](=O)[O-]. The number of alkyl halides is 3. The second-order valence-corrected chi connectivity index (χ2v) is 5.49. The van der Waals surface area contributed by atoms with Crippen LogP contribution in [0, 0.1) is 20.2 Å². The molecule has 0 saturated heterocycles. The maximum absolute atomic E-state index is 12.6. The van der Waals surface area contributed by atoms with E-state index in [9.17, 15) is 42.9 Å². The standard InChI is InChI=1S/C9H8F3N2O7P/c1-2-21-22(19,20)8-6(13(15)16)3-5(9(10,11)12)4-7(8)14(17)18/h3-4H,2H2,1H3,(H,19,20)/p-1. The van der Waals surface area contributed by atoms with Crippen LogP contribution >= 0.6 is 7.60 Å². The smallest absolute Gasteiger partial charge is 0.416 e. The Morgan fingerprint density at radius 2 is 1.59 bits per heavy atom. The van der Waals surface area contributed by atoms with Crippen LogP contribution < -0.4 is 10.2 Å². The molecular formula is C9H7F3N2O7P-. The zero-order valence-corrected chi connectivity index (χ0v) is 11.6. The largest absolute Gasteiger partial charge is 0.775 e. The van der Waals surface area contributed by atoms with Gasteiger partial charge >= 0.3 is 6.18 Å². The van der Waals surface area contributed by atoms with Crippen LogP contribution in [0.1, 0.15) is 12.5 Å². The molecule has 0 aliphatic carbocycles. The number of halogens is 3. The number of rotatable bonds is 5. The van der Waals surface area contributed by atoms with E-state index in [1.54, 1.807) is 0 Å². The molecule has 0 heterocycles. The second-order valence-electron chi connectivity index (χ2n) is 3.79. The average molecular weight is 343 g/mol. The Morgan fingerprint density at radius 3 is 1.86 bits per heavy atom. The van der Waals surface area contributed by atoms with E-state index in [0.717, 1.165) is 0 Å². The fraction of sp³-hybridized carbons (Fsp3) is 0.333. The highest BCUT2D eigenvalue weighted by molar-refractivity contribution is 7.60. The van der Waals surface area contributed by atoms with Crippen molar-refractivity contribution < 1.29 is 37.0 Å². The molecule has 9 nitrogen and oxygen atoms in total. The van der Waals surface area contributed by atoms with E-state index in [4.69, 9.17) is 0 Å². The van der Waals surface area contributed by atoms with E-state index < -0.39 is 52.5 Å². The Bertz CT molecular complexity index is 641. The Kier molecular flexibility index (Phi) is 4.90. The Labute approximate surface area is 120 Å². The minimum Gasteiger partial charge on any atom is -0.775 e. The van der Waals surface area contributed by atoms with Crippen molar-refractivity contribution in [2.24, 2.45) is 0 Å². The van der Waals surface area contributed by atoms with Gasteiger partial charge in [0.25, 0.3) is 11.4 Å². The second kappa shape index (κ2) is 5.99. The van der Waals surface area contributed by atoms with Crippen LogP contribution in [0.25, 0.3) is 0 Å². The summed E-state index contributed by atoms with van der Waals surface area (Å²) in [6.07, 6.45) is -5.13. The fourth-order valence-corrected chi connectivity index (χ4v) is 2.88. The predicted molar refractivity (Wildman–Crippen MR) is 63.6 cm³/mol. The van der Waals surface area contributed by atoms with Gasteiger partial charge in [-0.25, -0.2) is 0 Å². The van der Waals surface area contributed by atoms with Gasteiger partial charge in [0, 0.05) is 12.1 Å². The third-order valence-electron chi connectivity index (χ3n) is 2.36. The summed E-state index contributed by atoms with van der Waals surface area (Å²) in [4.78, 5) is 30.5. The molecule has 1 aromatic rings. The van der Waals surface area contributed by atoms with Gasteiger partial charge in [0.05, 0.1) is 22.0 Å². The quantitative estimate of drug-likeness (QED) is 0.451. The number of benzene rings is 1. The van der Waals surface area contributed by atoms with Gasteiger partial charge in [0.1, 0.15) is 0 Å². The molecule has 122 valence electrons. The molecule has 0 bridgehead atoms. The van der Waals surface area contributed by atoms with E-state index in [-0.39, 0.29) is 12.1 Å². The molecule has 1 unspecified atom stereocenters. The lowest BCUT2D eigenvalue weighted by Crippen LogP contribution is -2.24. The van der Waals surface area contributed by atoms with E-state index in [1.807, 2.05) is 0 Å². The van der Waals surface area contributed by atoms with Gasteiger partial charge in [0.15, 0.2) is 12.9 Å². The lowest BCUT2D eigenvalue weighted by Gasteiger charge is -2.22. The van der Waals surface area contributed by atoms with Crippen LogP contribution in [0.5, 0.6) is 0 Å². The van der Waals surface area contributed by atoms with Crippen molar-refractivity contribution in [3.63, 3.8) is 0 Å². The Morgan fingerprint density at radius 1 is 1.18 bits per heavy atom. The van der Waals surface area contributed by atoms with Crippen LogP contribution in [0.4, 0.5) is 24.5 Å². The molecule has 1 atom stereocenters. The molecular weight excluding hydrogens is 336 g/mol. The Balaban J connectivity index is 3.85. The molecule has 0 radical (unpaired) electrons. The first kappa shape index (κ1) is 18.0. The summed E-state index contributed by atoms with van der Waals surface area (Å²) >= 11 is 0. The monoisotopic (exact) mass is 343 g/mol. The number of nitro benzene ring substituents is 2. The number of nitro groups is 2. The normalized spacial score (nSPS) is 14.4. The van der Waals surface area contributed by atoms with Crippen molar-refractivity contribution in [1.82, 2.24) is 0 Å². The molecule has 1 rings (SSSR count). The summed E-state index contributed by atoms with van der Waals surface area (Å²) in [6.45, 7) is 0.683. The zero-order chi connectivity index (χ0) is 17.3. The lowest BCUT2D eigenvalue weighted by molar-refractivity contribution is -0.392. The van der Waals surface area contributed by atoms with Crippen LogP contribution in [0.3, 0.4) is 0 Å². The maximum atomic E-state index is 12.6. The van der Waals surface area contributed by atoms with Gasteiger partial charge in [-0.15, -0.1) is 0 Å².